The van der Waals surface area contributed by atoms with Crippen LogP contribution < -0.4 is 4.74 Å². The van der Waals surface area contributed by atoms with Crippen molar-refractivity contribution >= 4 is 30.0 Å². The summed E-state index contributed by atoms with van der Waals surface area (Å²) in [6.45, 7) is 5.56. The molecule has 0 amide bonds. The number of hydrogen-bond acceptors (Lipinski definition) is 12. The molecule has 5 atom stereocenters. The highest BCUT2D eigenvalue weighted by atomic mass is 16.7. The molecule has 334 valence electrons. The van der Waals surface area contributed by atoms with Crippen LogP contribution in [-0.4, -0.2) is 83.1 Å². The molecule has 13 heteroatoms. The fraction of sp³-hybridized carbons (Fsp3) is 0.250. The maximum atomic E-state index is 14.1. The highest BCUT2D eigenvalue weighted by Gasteiger charge is 2.54. The molecule has 0 spiro atoms. The van der Waals surface area contributed by atoms with Crippen LogP contribution in [0.1, 0.15) is 95.6 Å². The van der Waals surface area contributed by atoms with Gasteiger partial charge in [-0.1, -0.05) is 117 Å². The van der Waals surface area contributed by atoms with Crippen LogP contribution in [0.5, 0.6) is 5.88 Å². The summed E-state index contributed by atoms with van der Waals surface area (Å²) in [6, 6.07) is 38.8. The van der Waals surface area contributed by atoms with Gasteiger partial charge in [-0.2, -0.15) is 0 Å². The standard InChI is InChI=1S/C52H50N2O11/c1-33(2)43-41(31-40-28-27-35(30-34(40)3)18-16-17-29-55)47(54-53-43)65-52-46(64-51(59)39-25-14-7-15-26-39)45(63-50(58)38-23-12-6-13-24-38)44(62-49(57)37-21-10-5-11-22-37)42(61-52)32-60-48(56)36-19-8-4-9-20-36/h4-16,18-28,30,33,42,44-46,52,55H,17,29,31-32H2,1-3H3,(H,53,54)/b18-16+/t42-,44-,45+,46-,52+/m1/s1. The third kappa shape index (κ3) is 11.6. The minimum absolute atomic E-state index is 0.0404. The number of hydrogen-bond donors (Lipinski definition) is 2. The maximum absolute atomic E-state index is 14.1. The zero-order chi connectivity index (χ0) is 45.7. The zero-order valence-electron chi connectivity index (χ0n) is 36.2. The van der Waals surface area contributed by atoms with Crippen LogP contribution in [0.2, 0.25) is 0 Å². The average molecular weight is 879 g/mol. The van der Waals surface area contributed by atoms with Crippen molar-refractivity contribution < 1.29 is 52.7 Å². The second-order valence-corrected chi connectivity index (χ2v) is 15.7. The van der Waals surface area contributed by atoms with Gasteiger partial charge in [0.05, 0.1) is 22.3 Å². The Bertz CT molecular complexity index is 2560. The number of ether oxygens (including phenoxy) is 6. The van der Waals surface area contributed by atoms with Gasteiger partial charge in [-0.3, -0.25) is 5.10 Å². The van der Waals surface area contributed by atoms with E-state index in [1.807, 2.05) is 51.1 Å². The van der Waals surface area contributed by atoms with Gasteiger partial charge in [-0.05, 0) is 84.5 Å². The number of nitrogens with one attached hydrogen (secondary N) is 1. The van der Waals surface area contributed by atoms with E-state index in [0.717, 1.165) is 22.4 Å². The highest BCUT2D eigenvalue weighted by molar-refractivity contribution is 5.91. The lowest BCUT2D eigenvalue weighted by atomic mass is 9.95. The molecule has 0 bridgehead atoms. The first kappa shape index (κ1) is 45.7. The van der Waals surface area contributed by atoms with Crippen molar-refractivity contribution in [1.29, 1.82) is 0 Å². The minimum atomic E-state index is -1.61. The van der Waals surface area contributed by atoms with E-state index < -0.39 is 61.2 Å². The molecule has 7 rings (SSSR count). The number of aromatic amines is 1. The van der Waals surface area contributed by atoms with Gasteiger partial charge in [0.1, 0.15) is 12.7 Å². The molecule has 5 aromatic carbocycles. The highest BCUT2D eigenvalue weighted by Crippen LogP contribution is 2.35. The van der Waals surface area contributed by atoms with E-state index in [1.54, 1.807) is 121 Å². The number of aromatic nitrogens is 2. The Kier molecular flexibility index (Phi) is 15.3. The largest absolute Gasteiger partial charge is 0.459 e. The van der Waals surface area contributed by atoms with E-state index in [9.17, 15) is 24.3 Å². The molecule has 1 saturated heterocycles. The van der Waals surface area contributed by atoms with Crippen LogP contribution in [0.25, 0.3) is 6.08 Å². The summed E-state index contributed by atoms with van der Waals surface area (Å²) in [5, 5.41) is 17.0. The quantitative estimate of drug-likeness (QED) is 0.0662. The fourth-order valence-corrected chi connectivity index (χ4v) is 7.34. The monoisotopic (exact) mass is 878 g/mol. The van der Waals surface area contributed by atoms with E-state index in [4.69, 9.17) is 28.4 Å². The van der Waals surface area contributed by atoms with Crippen molar-refractivity contribution in [2.45, 2.75) is 70.2 Å². The summed E-state index contributed by atoms with van der Waals surface area (Å²) in [4.78, 5) is 55.5. The molecule has 0 unspecified atom stereocenters. The molecule has 1 aliphatic heterocycles. The van der Waals surface area contributed by atoms with Gasteiger partial charge in [0, 0.05) is 24.3 Å². The van der Waals surface area contributed by atoms with Crippen molar-refractivity contribution in [3.05, 3.63) is 196 Å². The Labute approximate surface area is 376 Å². The number of benzene rings is 5. The fourth-order valence-electron chi connectivity index (χ4n) is 7.34. The molecule has 13 nitrogen and oxygen atoms in total. The molecule has 65 heavy (non-hydrogen) atoms. The van der Waals surface area contributed by atoms with Crippen molar-refractivity contribution in [1.82, 2.24) is 10.2 Å². The first-order chi connectivity index (χ1) is 31.6. The van der Waals surface area contributed by atoms with E-state index in [1.165, 1.54) is 0 Å². The lowest BCUT2D eigenvalue weighted by molar-refractivity contribution is -0.276. The number of aryl methyl sites for hydroxylation is 1. The summed E-state index contributed by atoms with van der Waals surface area (Å²) < 4.78 is 37.8. The van der Waals surface area contributed by atoms with E-state index in [0.29, 0.717) is 18.4 Å². The minimum Gasteiger partial charge on any atom is -0.459 e. The number of rotatable bonds is 17. The molecule has 2 heterocycles. The normalized spacial score (nSPS) is 18.2. The van der Waals surface area contributed by atoms with Gasteiger partial charge < -0.3 is 33.5 Å². The van der Waals surface area contributed by atoms with Gasteiger partial charge in [-0.15, -0.1) is 5.10 Å². The van der Waals surface area contributed by atoms with Crippen LogP contribution in [0.3, 0.4) is 0 Å². The van der Waals surface area contributed by atoms with Crippen LogP contribution in [0.15, 0.2) is 146 Å². The summed E-state index contributed by atoms with van der Waals surface area (Å²) >= 11 is 0. The van der Waals surface area contributed by atoms with Crippen LogP contribution in [0, 0.1) is 6.92 Å². The topological polar surface area (TPSA) is 173 Å². The molecule has 0 radical (unpaired) electrons. The zero-order valence-corrected chi connectivity index (χ0v) is 36.2. The predicted octanol–water partition coefficient (Wildman–Crippen LogP) is 8.47. The van der Waals surface area contributed by atoms with Crippen LogP contribution in [0.4, 0.5) is 0 Å². The molecule has 0 saturated carbocycles. The Morgan fingerprint density at radius 3 is 1.71 bits per heavy atom. The number of nitrogens with zero attached hydrogens (tertiary/aromatic N) is 1. The van der Waals surface area contributed by atoms with Crippen molar-refractivity contribution in [2.75, 3.05) is 13.2 Å². The molecule has 1 aliphatic rings. The van der Waals surface area contributed by atoms with Gasteiger partial charge >= 0.3 is 23.9 Å². The van der Waals surface area contributed by atoms with Crippen molar-refractivity contribution in [2.24, 2.45) is 0 Å². The lowest BCUT2D eigenvalue weighted by Gasteiger charge is -2.44. The number of H-pyrrole nitrogens is 1. The molecule has 2 N–H and O–H groups in total. The maximum Gasteiger partial charge on any atom is 0.338 e. The number of carbonyl (C=O) groups is 4. The number of aliphatic hydroxyl groups excluding tert-OH is 1. The summed E-state index contributed by atoms with van der Waals surface area (Å²) in [7, 11) is 0. The van der Waals surface area contributed by atoms with E-state index in [-0.39, 0.29) is 40.7 Å². The third-order valence-electron chi connectivity index (χ3n) is 10.7. The van der Waals surface area contributed by atoms with E-state index >= 15 is 0 Å². The number of esters is 4. The average Bonchev–Trinajstić information content (AvgIpc) is 3.73. The third-order valence-corrected chi connectivity index (χ3v) is 10.7. The molecule has 6 aromatic rings. The Hall–Kier alpha value is -7.35. The first-order valence-electron chi connectivity index (χ1n) is 21.4. The Balaban J connectivity index is 1.32. The Morgan fingerprint density at radius 1 is 0.692 bits per heavy atom. The SMILES string of the molecule is Cc1cc(/C=C/CCO)ccc1Cc1c(O[C@@H]2O[C@H](COC(=O)c3ccccc3)[C@@H](OC(=O)c3ccccc3)[C@H](OC(=O)c3ccccc3)[C@H]2OC(=O)c2ccccc2)n[nH]c1C(C)C. The van der Waals surface area contributed by atoms with Crippen molar-refractivity contribution in [3.8, 4) is 5.88 Å². The number of aliphatic hydroxyl groups is 1. The lowest BCUT2D eigenvalue weighted by Crippen LogP contribution is -2.64. The number of carbonyl (C=O) groups excluding carboxylic acids is 4. The molecule has 1 aromatic heterocycles. The smallest absolute Gasteiger partial charge is 0.338 e. The van der Waals surface area contributed by atoms with Crippen molar-refractivity contribution in [3.63, 3.8) is 0 Å². The molecule has 1 fully saturated rings. The molecular weight excluding hydrogens is 829 g/mol. The first-order valence-corrected chi connectivity index (χ1v) is 21.4. The van der Waals surface area contributed by atoms with Gasteiger partial charge in [0.2, 0.25) is 18.3 Å². The summed E-state index contributed by atoms with van der Waals surface area (Å²) in [5.74, 6) is -3.08. The summed E-state index contributed by atoms with van der Waals surface area (Å²) in [6.07, 6.45) is -2.93. The predicted molar refractivity (Wildman–Crippen MR) is 240 cm³/mol. The van der Waals surface area contributed by atoms with Gasteiger partial charge in [0.15, 0.2) is 12.2 Å². The van der Waals surface area contributed by atoms with E-state index in [2.05, 4.69) is 10.2 Å². The van der Waals surface area contributed by atoms with Crippen LogP contribution >= 0.6 is 0 Å². The van der Waals surface area contributed by atoms with Gasteiger partial charge in [-0.25, -0.2) is 19.2 Å². The second kappa shape index (κ2) is 21.8. The summed E-state index contributed by atoms with van der Waals surface area (Å²) in [5.41, 5.74) is 5.16. The Morgan fingerprint density at radius 2 is 1.20 bits per heavy atom. The molecule has 0 aliphatic carbocycles. The molecular formula is C52H50N2O11. The van der Waals surface area contributed by atoms with Crippen LogP contribution in [-0.2, 0) is 30.1 Å². The van der Waals surface area contributed by atoms with Gasteiger partial charge in [0.25, 0.3) is 0 Å². The second-order valence-electron chi connectivity index (χ2n) is 15.7.